The molecule has 0 saturated heterocycles. The van der Waals surface area contributed by atoms with E-state index in [9.17, 15) is 5.11 Å². The predicted octanol–water partition coefficient (Wildman–Crippen LogP) is 1.68. The first-order chi connectivity index (χ1) is 8.06. The highest BCUT2D eigenvalue weighted by atomic mass is 16.5. The van der Waals surface area contributed by atoms with Gasteiger partial charge in [0.05, 0.1) is 17.4 Å². The molecule has 1 aromatic heterocycles. The zero-order valence-corrected chi connectivity index (χ0v) is 10.9. The number of hydrogen-bond acceptors (Lipinski definition) is 3. The van der Waals surface area contributed by atoms with Crippen LogP contribution in [0.5, 0.6) is 0 Å². The lowest BCUT2D eigenvalue weighted by Gasteiger charge is -2.43. The highest BCUT2D eigenvalue weighted by Gasteiger charge is 2.43. The molecule has 2 rings (SSSR count). The number of rotatable bonds is 5. The standard InChI is InChI=1S/C13H22N2O2/c1-4-15-11(6-10(3)14-15)7-13(16)8-12(9-13)17-5-2/h6,12,16H,4-5,7-9H2,1-3H3. The fourth-order valence-electron chi connectivity index (χ4n) is 2.64. The Bertz CT molecular complexity index is 381. The first-order valence-corrected chi connectivity index (χ1v) is 6.43. The van der Waals surface area contributed by atoms with E-state index in [2.05, 4.69) is 18.1 Å². The quantitative estimate of drug-likeness (QED) is 0.849. The maximum atomic E-state index is 10.4. The maximum Gasteiger partial charge on any atom is 0.0752 e. The Balaban J connectivity index is 1.97. The minimum absolute atomic E-state index is 0.240. The molecule has 1 fully saturated rings. The summed E-state index contributed by atoms with van der Waals surface area (Å²) in [5, 5.41) is 14.8. The minimum Gasteiger partial charge on any atom is -0.389 e. The van der Waals surface area contributed by atoms with E-state index < -0.39 is 5.60 Å². The Morgan fingerprint density at radius 2 is 2.24 bits per heavy atom. The van der Waals surface area contributed by atoms with E-state index >= 15 is 0 Å². The molecule has 1 N–H and O–H groups in total. The molecule has 1 heterocycles. The Morgan fingerprint density at radius 1 is 1.53 bits per heavy atom. The van der Waals surface area contributed by atoms with Crippen LogP contribution in [0.15, 0.2) is 6.07 Å². The largest absolute Gasteiger partial charge is 0.389 e. The fourth-order valence-corrected chi connectivity index (χ4v) is 2.64. The minimum atomic E-state index is -0.584. The third-order valence-electron chi connectivity index (χ3n) is 3.41. The Labute approximate surface area is 103 Å². The summed E-state index contributed by atoms with van der Waals surface area (Å²) in [5.41, 5.74) is 1.56. The maximum absolute atomic E-state index is 10.4. The molecule has 1 aliphatic rings. The first-order valence-electron chi connectivity index (χ1n) is 6.43. The van der Waals surface area contributed by atoms with Gasteiger partial charge in [-0.2, -0.15) is 5.10 Å². The van der Waals surface area contributed by atoms with Crippen molar-refractivity contribution in [1.82, 2.24) is 9.78 Å². The molecule has 0 radical (unpaired) electrons. The molecule has 0 unspecified atom stereocenters. The summed E-state index contributed by atoms with van der Waals surface area (Å²) in [6.07, 6.45) is 2.42. The van der Waals surface area contributed by atoms with Crippen molar-refractivity contribution in [3.8, 4) is 0 Å². The van der Waals surface area contributed by atoms with Crippen molar-refractivity contribution in [3.63, 3.8) is 0 Å². The molecular formula is C13H22N2O2. The summed E-state index contributed by atoms with van der Waals surface area (Å²) >= 11 is 0. The highest BCUT2D eigenvalue weighted by molar-refractivity contribution is 5.14. The van der Waals surface area contributed by atoms with Gasteiger partial charge in [-0.15, -0.1) is 0 Å². The summed E-state index contributed by atoms with van der Waals surface area (Å²) in [5.74, 6) is 0. The van der Waals surface area contributed by atoms with E-state index in [0.29, 0.717) is 6.42 Å². The number of aliphatic hydroxyl groups is 1. The van der Waals surface area contributed by atoms with Crippen LogP contribution >= 0.6 is 0 Å². The molecule has 4 heteroatoms. The van der Waals surface area contributed by atoms with E-state index in [1.54, 1.807) is 0 Å². The van der Waals surface area contributed by atoms with Gasteiger partial charge in [-0.05, 0) is 26.8 Å². The van der Waals surface area contributed by atoms with Gasteiger partial charge in [0.2, 0.25) is 0 Å². The van der Waals surface area contributed by atoms with Crippen molar-refractivity contribution in [1.29, 1.82) is 0 Å². The molecule has 1 aromatic rings. The zero-order chi connectivity index (χ0) is 12.5. The second-order valence-electron chi connectivity index (χ2n) is 4.98. The van der Waals surface area contributed by atoms with Gasteiger partial charge in [0.15, 0.2) is 0 Å². The third kappa shape index (κ3) is 2.69. The van der Waals surface area contributed by atoms with E-state index in [0.717, 1.165) is 37.4 Å². The van der Waals surface area contributed by atoms with Crippen molar-refractivity contribution in [2.24, 2.45) is 0 Å². The van der Waals surface area contributed by atoms with Crippen LogP contribution in [0.3, 0.4) is 0 Å². The molecule has 0 aromatic carbocycles. The molecule has 1 saturated carbocycles. The van der Waals surface area contributed by atoms with Crippen molar-refractivity contribution < 1.29 is 9.84 Å². The van der Waals surface area contributed by atoms with Crippen molar-refractivity contribution in [2.75, 3.05) is 6.61 Å². The smallest absolute Gasteiger partial charge is 0.0752 e. The second-order valence-corrected chi connectivity index (χ2v) is 4.98. The lowest BCUT2D eigenvalue weighted by atomic mass is 9.74. The average Bonchev–Trinajstić information content (AvgIpc) is 2.56. The SMILES string of the molecule is CCOC1CC(O)(Cc2cc(C)nn2CC)C1. The summed E-state index contributed by atoms with van der Waals surface area (Å²) in [6, 6.07) is 2.06. The summed E-state index contributed by atoms with van der Waals surface area (Å²) in [4.78, 5) is 0. The van der Waals surface area contributed by atoms with Gasteiger partial charge in [0.1, 0.15) is 0 Å². The Hall–Kier alpha value is -0.870. The molecule has 17 heavy (non-hydrogen) atoms. The Morgan fingerprint density at radius 3 is 2.82 bits per heavy atom. The van der Waals surface area contributed by atoms with Gasteiger partial charge in [-0.3, -0.25) is 4.68 Å². The van der Waals surface area contributed by atoms with Crippen LogP contribution < -0.4 is 0 Å². The topological polar surface area (TPSA) is 47.3 Å². The predicted molar refractivity (Wildman–Crippen MR) is 65.9 cm³/mol. The molecule has 0 spiro atoms. The van der Waals surface area contributed by atoms with E-state index in [1.165, 1.54) is 0 Å². The van der Waals surface area contributed by atoms with Gasteiger partial charge in [0.25, 0.3) is 0 Å². The molecule has 96 valence electrons. The molecule has 0 atom stereocenters. The summed E-state index contributed by atoms with van der Waals surface area (Å²) in [6.45, 7) is 7.64. The highest BCUT2D eigenvalue weighted by Crippen LogP contribution is 2.37. The van der Waals surface area contributed by atoms with Crippen LogP contribution in [0, 0.1) is 6.92 Å². The Kier molecular flexibility index (Phi) is 3.54. The lowest BCUT2D eigenvalue weighted by molar-refractivity contribution is -0.137. The van der Waals surface area contributed by atoms with Crippen LogP contribution in [0.2, 0.25) is 0 Å². The van der Waals surface area contributed by atoms with Gasteiger partial charge < -0.3 is 9.84 Å². The van der Waals surface area contributed by atoms with E-state index in [1.807, 2.05) is 18.5 Å². The first kappa shape index (κ1) is 12.6. The van der Waals surface area contributed by atoms with E-state index in [4.69, 9.17) is 4.74 Å². The van der Waals surface area contributed by atoms with Crippen molar-refractivity contribution >= 4 is 0 Å². The summed E-state index contributed by atoms with van der Waals surface area (Å²) < 4.78 is 7.46. The number of ether oxygens (including phenoxy) is 1. The number of aryl methyl sites for hydroxylation is 2. The normalized spacial score (nSPS) is 28.1. The molecule has 0 aliphatic heterocycles. The average molecular weight is 238 g/mol. The van der Waals surface area contributed by atoms with Crippen LogP contribution in [0.1, 0.15) is 38.1 Å². The third-order valence-corrected chi connectivity index (χ3v) is 3.41. The fraction of sp³-hybridized carbons (Fsp3) is 0.769. The van der Waals surface area contributed by atoms with Crippen LogP contribution in [0.4, 0.5) is 0 Å². The van der Waals surface area contributed by atoms with Crippen LogP contribution in [-0.4, -0.2) is 33.2 Å². The van der Waals surface area contributed by atoms with Gasteiger partial charge >= 0.3 is 0 Å². The van der Waals surface area contributed by atoms with Crippen molar-refractivity contribution in [2.45, 2.75) is 58.3 Å². The van der Waals surface area contributed by atoms with Gasteiger partial charge in [0, 0.05) is 38.1 Å². The van der Waals surface area contributed by atoms with Crippen molar-refractivity contribution in [3.05, 3.63) is 17.5 Å². The lowest BCUT2D eigenvalue weighted by Crippen LogP contribution is -2.50. The molecule has 4 nitrogen and oxygen atoms in total. The monoisotopic (exact) mass is 238 g/mol. The second kappa shape index (κ2) is 4.78. The molecule has 0 bridgehead atoms. The van der Waals surface area contributed by atoms with Crippen LogP contribution in [-0.2, 0) is 17.7 Å². The zero-order valence-electron chi connectivity index (χ0n) is 10.9. The summed E-state index contributed by atoms with van der Waals surface area (Å²) in [7, 11) is 0. The number of hydrogen-bond donors (Lipinski definition) is 1. The molecule has 1 aliphatic carbocycles. The number of aromatic nitrogens is 2. The van der Waals surface area contributed by atoms with Gasteiger partial charge in [-0.25, -0.2) is 0 Å². The van der Waals surface area contributed by atoms with Gasteiger partial charge in [-0.1, -0.05) is 0 Å². The van der Waals surface area contributed by atoms with E-state index in [-0.39, 0.29) is 6.10 Å². The molecule has 0 amide bonds. The van der Waals surface area contributed by atoms with Crippen LogP contribution in [0.25, 0.3) is 0 Å². The molecular weight excluding hydrogens is 216 g/mol. The number of nitrogens with zero attached hydrogens (tertiary/aromatic N) is 2.